The molecular weight excluding hydrogens is 558 g/mol. The van der Waals surface area contributed by atoms with Crippen LogP contribution in [0.1, 0.15) is 48.7 Å². The summed E-state index contributed by atoms with van der Waals surface area (Å²) in [5, 5.41) is 11.4. The molecule has 3 aromatic heterocycles. The van der Waals surface area contributed by atoms with E-state index < -0.39 is 41.1 Å². The lowest BCUT2D eigenvalue weighted by Crippen LogP contribution is -2.40. The largest absolute Gasteiger partial charge is 0.416 e. The van der Waals surface area contributed by atoms with Gasteiger partial charge in [0.1, 0.15) is 0 Å². The molecule has 0 aliphatic rings. The van der Waals surface area contributed by atoms with Crippen LogP contribution in [0.3, 0.4) is 0 Å². The van der Waals surface area contributed by atoms with Gasteiger partial charge in [-0.05, 0) is 53.4 Å². The number of halogens is 7. The van der Waals surface area contributed by atoms with E-state index in [9.17, 15) is 35.9 Å². The van der Waals surface area contributed by atoms with E-state index in [1.807, 2.05) is 6.92 Å². The topological polar surface area (TPSA) is 116 Å². The molecule has 210 valence electrons. The fraction of sp³-hybridized carbons (Fsp3) is 0.455. The normalized spacial score (nSPS) is 12.5. The van der Waals surface area contributed by atoms with Crippen molar-refractivity contribution < 1.29 is 26.3 Å². The molecule has 39 heavy (non-hydrogen) atoms. The zero-order chi connectivity index (χ0) is 28.5. The summed E-state index contributed by atoms with van der Waals surface area (Å²) in [6.45, 7) is 2.30. The number of aryl methyl sites for hydroxylation is 2. The Hall–Kier alpha value is -3.69. The van der Waals surface area contributed by atoms with Crippen LogP contribution in [0.25, 0.3) is 11.2 Å². The van der Waals surface area contributed by atoms with Gasteiger partial charge in [0, 0.05) is 19.5 Å². The first kappa shape index (κ1) is 28.3. The van der Waals surface area contributed by atoms with Crippen molar-refractivity contribution in [2.24, 2.45) is 0 Å². The van der Waals surface area contributed by atoms with Gasteiger partial charge in [-0.1, -0.05) is 13.3 Å². The Bertz CT molecular complexity index is 1570. The fourth-order valence-corrected chi connectivity index (χ4v) is 4.14. The molecule has 0 atom stereocenters. The van der Waals surface area contributed by atoms with Gasteiger partial charge in [0.2, 0.25) is 5.28 Å². The summed E-state index contributed by atoms with van der Waals surface area (Å²) in [7, 11) is 0. The number of nitrogens with zero attached hydrogens (tertiary/aromatic N) is 7. The molecule has 4 rings (SSSR count). The molecule has 0 saturated carbocycles. The van der Waals surface area contributed by atoms with Gasteiger partial charge in [-0.2, -0.15) is 36.1 Å². The second-order valence-corrected chi connectivity index (χ2v) is 9.07. The number of fused-ring (bicyclic) bond motifs is 1. The number of tetrazole rings is 1. The second kappa shape index (κ2) is 10.8. The Morgan fingerprint density at radius 1 is 0.923 bits per heavy atom. The molecule has 0 bridgehead atoms. The van der Waals surface area contributed by atoms with Crippen molar-refractivity contribution in [1.82, 2.24) is 39.3 Å². The molecule has 1 N–H and O–H groups in total. The number of aromatic amines is 1. The number of benzene rings is 1. The zero-order valence-electron chi connectivity index (χ0n) is 20.3. The van der Waals surface area contributed by atoms with E-state index >= 15 is 0 Å². The highest BCUT2D eigenvalue weighted by Gasteiger charge is 2.37. The third kappa shape index (κ3) is 6.32. The maximum atomic E-state index is 13.1. The molecule has 0 unspecified atom stereocenters. The molecule has 0 saturated heterocycles. The highest BCUT2D eigenvalue weighted by Crippen LogP contribution is 2.36. The van der Waals surface area contributed by atoms with Crippen molar-refractivity contribution in [3.05, 3.63) is 66.8 Å². The van der Waals surface area contributed by atoms with E-state index in [0.717, 1.165) is 15.8 Å². The van der Waals surface area contributed by atoms with Gasteiger partial charge in [0.15, 0.2) is 17.0 Å². The predicted octanol–water partition coefficient (Wildman–Crippen LogP) is 4.05. The molecule has 4 aromatic rings. The average Bonchev–Trinajstić information content (AvgIpc) is 3.46. The minimum absolute atomic E-state index is 0.0319. The van der Waals surface area contributed by atoms with Gasteiger partial charge in [0.25, 0.3) is 5.56 Å². The van der Waals surface area contributed by atoms with Crippen molar-refractivity contribution in [1.29, 1.82) is 0 Å². The molecule has 3 heterocycles. The molecule has 0 aliphatic carbocycles. The highest BCUT2D eigenvalue weighted by molar-refractivity contribution is 6.28. The zero-order valence-corrected chi connectivity index (χ0v) is 21.0. The van der Waals surface area contributed by atoms with Crippen LogP contribution in [0.2, 0.25) is 5.28 Å². The number of aromatic nitrogens is 8. The maximum absolute atomic E-state index is 13.1. The fourth-order valence-electron chi connectivity index (χ4n) is 3.97. The lowest BCUT2D eigenvalue weighted by Gasteiger charge is -2.13. The summed E-state index contributed by atoms with van der Waals surface area (Å²) in [5.74, 6) is -0.102. The minimum atomic E-state index is -4.97. The second-order valence-electron chi connectivity index (χ2n) is 8.72. The number of imidazole rings is 1. The number of rotatable bonds is 9. The monoisotopic (exact) mass is 578 g/mol. The quantitative estimate of drug-likeness (QED) is 0.237. The number of H-pyrrole nitrogens is 1. The number of alkyl halides is 6. The van der Waals surface area contributed by atoms with Gasteiger partial charge < -0.3 is 4.98 Å². The average molecular weight is 579 g/mol. The molecule has 1 aromatic carbocycles. The van der Waals surface area contributed by atoms with Gasteiger partial charge in [-0.3, -0.25) is 13.9 Å². The molecule has 0 radical (unpaired) electrons. The summed E-state index contributed by atoms with van der Waals surface area (Å²) in [5.41, 5.74) is -4.11. The molecule has 0 fully saturated rings. The first-order valence-corrected chi connectivity index (χ1v) is 12.1. The summed E-state index contributed by atoms with van der Waals surface area (Å²) in [4.78, 5) is 33.6. The predicted molar refractivity (Wildman–Crippen MR) is 126 cm³/mol. The Labute approximate surface area is 220 Å². The van der Waals surface area contributed by atoms with Crippen LogP contribution in [0.15, 0.2) is 27.8 Å². The third-order valence-corrected chi connectivity index (χ3v) is 5.99. The minimum Gasteiger partial charge on any atom is -0.323 e. The van der Waals surface area contributed by atoms with E-state index in [1.54, 1.807) is 0 Å². The van der Waals surface area contributed by atoms with Crippen LogP contribution >= 0.6 is 11.6 Å². The van der Waals surface area contributed by atoms with Crippen molar-refractivity contribution in [3.63, 3.8) is 0 Å². The summed E-state index contributed by atoms with van der Waals surface area (Å²) in [6.07, 6.45) is -8.72. The van der Waals surface area contributed by atoms with E-state index in [4.69, 9.17) is 11.6 Å². The molecular formula is C22H21ClF6N8O2. The Balaban J connectivity index is 1.50. The first-order chi connectivity index (χ1) is 18.3. The molecule has 0 aliphatic heterocycles. The third-order valence-electron chi connectivity index (χ3n) is 5.81. The van der Waals surface area contributed by atoms with Gasteiger partial charge in [-0.15, -0.1) is 10.2 Å². The molecule has 0 spiro atoms. The Morgan fingerprint density at radius 2 is 1.56 bits per heavy atom. The SMILES string of the molecule is CCCCn1c(=O)n(CCCn2nnc(Cc3cc(C(F)(F)F)cc(C(F)(F)F)c3)n2)c(=O)c2[nH]c(Cl)nc21. The lowest BCUT2D eigenvalue weighted by molar-refractivity contribution is -0.143. The van der Waals surface area contributed by atoms with Crippen molar-refractivity contribution in [3.8, 4) is 0 Å². The summed E-state index contributed by atoms with van der Waals surface area (Å²) >= 11 is 5.90. The van der Waals surface area contributed by atoms with Crippen LogP contribution in [-0.2, 0) is 38.4 Å². The van der Waals surface area contributed by atoms with Crippen LogP contribution in [-0.4, -0.2) is 39.3 Å². The van der Waals surface area contributed by atoms with Crippen LogP contribution in [0, 0.1) is 0 Å². The van der Waals surface area contributed by atoms with E-state index in [0.29, 0.717) is 25.1 Å². The number of nitrogens with one attached hydrogen (secondary N) is 1. The number of hydrogen-bond acceptors (Lipinski definition) is 6. The van der Waals surface area contributed by atoms with Gasteiger partial charge in [-0.25, -0.2) is 4.79 Å². The highest BCUT2D eigenvalue weighted by atomic mass is 35.5. The van der Waals surface area contributed by atoms with Crippen LogP contribution in [0.5, 0.6) is 0 Å². The summed E-state index contributed by atoms with van der Waals surface area (Å²) in [6, 6.07) is 1.24. The van der Waals surface area contributed by atoms with Gasteiger partial charge >= 0.3 is 18.0 Å². The Kier molecular flexibility index (Phi) is 7.86. The standard InChI is InChI=1S/C22H21ClF6N8O2/c1-2-3-5-35-17-16(30-19(23)31-17)18(38)36(20(35)39)6-4-7-37-33-15(32-34-37)10-12-8-13(21(24,25)26)11-14(9-12)22(27,28)29/h8-9,11H,2-7,10H2,1H3,(H,30,31). The number of hydrogen-bond donors (Lipinski definition) is 1. The number of unbranched alkanes of at least 4 members (excludes halogenated alkanes) is 1. The molecule has 0 amide bonds. The van der Waals surface area contributed by atoms with Crippen LogP contribution < -0.4 is 11.2 Å². The van der Waals surface area contributed by atoms with E-state index in [1.165, 1.54) is 4.57 Å². The maximum Gasteiger partial charge on any atom is 0.416 e. The van der Waals surface area contributed by atoms with Crippen molar-refractivity contribution in [2.75, 3.05) is 0 Å². The lowest BCUT2D eigenvalue weighted by atomic mass is 10.0. The summed E-state index contributed by atoms with van der Waals surface area (Å²) < 4.78 is 81.1. The first-order valence-electron chi connectivity index (χ1n) is 11.7. The van der Waals surface area contributed by atoms with Gasteiger partial charge in [0.05, 0.1) is 17.7 Å². The molecule has 17 heteroatoms. The van der Waals surface area contributed by atoms with E-state index in [-0.39, 0.29) is 53.4 Å². The molecule has 10 nitrogen and oxygen atoms in total. The van der Waals surface area contributed by atoms with Crippen molar-refractivity contribution >= 4 is 22.8 Å². The van der Waals surface area contributed by atoms with Crippen molar-refractivity contribution in [2.45, 2.75) is 64.6 Å². The smallest absolute Gasteiger partial charge is 0.323 e. The Morgan fingerprint density at radius 3 is 2.18 bits per heavy atom. The van der Waals surface area contributed by atoms with Crippen LogP contribution in [0.4, 0.5) is 26.3 Å². The van der Waals surface area contributed by atoms with E-state index in [2.05, 4.69) is 25.4 Å².